The highest BCUT2D eigenvalue weighted by atomic mass is 32.1. The van der Waals surface area contributed by atoms with Crippen LogP contribution in [0.3, 0.4) is 0 Å². The van der Waals surface area contributed by atoms with Crippen molar-refractivity contribution in [3.05, 3.63) is 29.8 Å². The highest BCUT2D eigenvalue weighted by Crippen LogP contribution is 2.18. The van der Waals surface area contributed by atoms with Crippen molar-refractivity contribution in [1.29, 1.82) is 0 Å². The number of thiocarbonyl (C=S) groups is 1. The molecule has 0 fully saturated rings. The second-order valence-electron chi connectivity index (χ2n) is 2.33. The minimum absolute atomic E-state index is 0.382. The first-order valence-corrected chi connectivity index (χ1v) is 4.20. The number of ether oxygens (including phenoxy) is 1. The van der Waals surface area contributed by atoms with Gasteiger partial charge in [-0.3, -0.25) is 0 Å². The van der Waals surface area contributed by atoms with Gasteiger partial charge in [0.1, 0.15) is 0 Å². The second kappa shape index (κ2) is 5.10. The van der Waals surface area contributed by atoms with Crippen LogP contribution in [0.2, 0.25) is 0 Å². The van der Waals surface area contributed by atoms with Gasteiger partial charge in [-0.1, -0.05) is 12.1 Å². The van der Waals surface area contributed by atoms with Crippen LogP contribution in [0.25, 0.3) is 0 Å². The number of esters is 1. The van der Waals surface area contributed by atoms with Gasteiger partial charge in [-0.05, 0) is 24.4 Å². The van der Waals surface area contributed by atoms with Gasteiger partial charge in [0.25, 0.3) is 0 Å². The Hall–Kier alpha value is -1.73. The quantitative estimate of drug-likeness (QED) is 0.420. The van der Waals surface area contributed by atoms with Gasteiger partial charge in [-0.2, -0.15) is 4.99 Å². The summed E-state index contributed by atoms with van der Waals surface area (Å²) in [6, 6.07) is 6.78. The van der Waals surface area contributed by atoms with Crippen LogP contribution in [0.1, 0.15) is 10.4 Å². The first-order chi connectivity index (χ1) is 6.79. The van der Waals surface area contributed by atoms with Crippen LogP contribution in [0.15, 0.2) is 29.3 Å². The van der Waals surface area contributed by atoms with Gasteiger partial charge in [-0.25, -0.2) is 4.79 Å². The number of carbonyl (C=O) groups is 1. The lowest BCUT2D eigenvalue weighted by atomic mass is 10.2. The van der Waals surface area contributed by atoms with E-state index in [4.69, 9.17) is 0 Å². The average Bonchev–Trinajstić information content (AvgIpc) is 2.25. The number of aliphatic imine (C=N–C) groups is 1. The number of methoxy groups -OCH3 is 1. The number of para-hydroxylation sites is 1. The first kappa shape index (κ1) is 10.4. The van der Waals surface area contributed by atoms with Crippen LogP contribution >= 0.6 is 12.2 Å². The maximum Gasteiger partial charge on any atom is 0.340 e. The van der Waals surface area contributed by atoms with E-state index in [0.29, 0.717) is 11.3 Å². The van der Waals surface area contributed by atoms with Crippen molar-refractivity contribution in [3.8, 4) is 0 Å². The summed E-state index contributed by atoms with van der Waals surface area (Å²) >= 11 is 4.42. The van der Waals surface area contributed by atoms with Crippen molar-refractivity contribution >= 4 is 34.8 Å². The van der Waals surface area contributed by atoms with Crippen molar-refractivity contribution in [2.75, 3.05) is 7.11 Å². The summed E-state index contributed by atoms with van der Waals surface area (Å²) in [4.78, 5) is 15.1. The van der Waals surface area contributed by atoms with Gasteiger partial charge >= 0.3 is 5.97 Å². The lowest BCUT2D eigenvalue weighted by Crippen LogP contribution is -2.00. The molecule has 0 radical (unpaired) electrons. The molecule has 1 rings (SSSR count). The molecule has 0 spiro atoms. The number of benzene rings is 1. The van der Waals surface area contributed by atoms with E-state index >= 15 is 0 Å². The highest BCUT2D eigenvalue weighted by molar-refractivity contribution is 7.78. The minimum atomic E-state index is -0.435. The third-order valence-electron chi connectivity index (χ3n) is 1.53. The van der Waals surface area contributed by atoms with Crippen molar-refractivity contribution in [2.45, 2.75) is 0 Å². The molecule has 0 aliphatic carbocycles. The van der Waals surface area contributed by atoms with Crippen molar-refractivity contribution < 1.29 is 9.53 Å². The van der Waals surface area contributed by atoms with Gasteiger partial charge in [0, 0.05) is 5.02 Å². The Morgan fingerprint density at radius 1 is 1.50 bits per heavy atom. The number of carbonyl (C=O) groups excluding carboxylic acids is 1. The van der Waals surface area contributed by atoms with E-state index in [9.17, 15) is 4.79 Å². The minimum Gasteiger partial charge on any atom is -0.465 e. The molecule has 0 saturated heterocycles. The van der Waals surface area contributed by atoms with Gasteiger partial charge in [0.15, 0.2) is 0 Å². The summed E-state index contributed by atoms with van der Waals surface area (Å²) in [6.07, 6.45) is 0. The smallest absolute Gasteiger partial charge is 0.340 e. The molecular formula is C10H7NO2S. The van der Waals surface area contributed by atoms with E-state index in [2.05, 4.69) is 32.8 Å². The summed E-state index contributed by atoms with van der Waals surface area (Å²) in [7, 11) is 1.32. The molecule has 0 heterocycles. The summed E-state index contributed by atoms with van der Waals surface area (Å²) in [5.41, 5.74) is 0.851. The molecule has 1 aromatic rings. The zero-order chi connectivity index (χ0) is 10.4. The topological polar surface area (TPSA) is 38.7 Å². The fourth-order valence-corrected chi connectivity index (χ4v) is 0.982. The highest BCUT2D eigenvalue weighted by Gasteiger charge is 2.09. The van der Waals surface area contributed by atoms with E-state index in [-0.39, 0.29) is 0 Å². The summed E-state index contributed by atoms with van der Waals surface area (Å²) in [6.45, 7) is 0. The fourth-order valence-electron chi connectivity index (χ4n) is 0.937. The molecule has 0 saturated carbocycles. The molecule has 4 heteroatoms. The molecule has 0 N–H and O–H groups in total. The predicted molar refractivity (Wildman–Crippen MR) is 57.5 cm³/mol. The van der Waals surface area contributed by atoms with Crippen molar-refractivity contribution in [3.63, 3.8) is 0 Å². The molecule has 70 valence electrons. The normalized spacial score (nSPS) is 8.36. The fraction of sp³-hybridized carbons (Fsp3) is 0.100. The lowest BCUT2D eigenvalue weighted by Gasteiger charge is -2.00. The van der Waals surface area contributed by atoms with E-state index < -0.39 is 5.97 Å². The Kier molecular flexibility index (Phi) is 3.77. The zero-order valence-corrected chi connectivity index (χ0v) is 8.30. The molecule has 0 aromatic heterocycles. The second-order valence-corrected chi connectivity index (χ2v) is 2.54. The molecule has 0 aliphatic heterocycles. The molecule has 0 aliphatic rings. The third kappa shape index (κ3) is 2.38. The SMILES string of the molecule is COC(=O)c1ccccc1N=C=C=S. The largest absolute Gasteiger partial charge is 0.465 e. The van der Waals surface area contributed by atoms with E-state index in [1.54, 1.807) is 24.3 Å². The number of hydrogen-bond acceptors (Lipinski definition) is 4. The standard InChI is InChI=1S/C10H7NO2S/c1-13-10(12)8-4-2-3-5-9(8)11-6-7-14/h2-5H,1H3. The Bertz CT molecular complexity index is 430. The summed E-state index contributed by atoms with van der Waals surface area (Å²) < 4.78 is 4.58. The van der Waals surface area contributed by atoms with E-state index in [0.717, 1.165) is 0 Å². The molecule has 0 unspecified atom stereocenters. The van der Waals surface area contributed by atoms with Crippen molar-refractivity contribution in [1.82, 2.24) is 0 Å². The summed E-state index contributed by atoms with van der Waals surface area (Å²) in [5, 5.41) is 2.21. The average molecular weight is 205 g/mol. The molecule has 3 nitrogen and oxygen atoms in total. The van der Waals surface area contributed by atoms with Gasteiger partial charge < -0.3 is 4.74 Å². The first-order valence-electron chi connectivity index (χ1n) is 3.80. The van der Waals surface area contributed by atoms with Crippen LogP contribution in [0.5, 0.6) is 0 Å². The molecule has 14 heavy (non-hydrogen) atoms. The number of hydrogen-bond donors (Lipinski definition) is 0. The maximum atomic E-state index is 11.2. The van der Waals surface area contributed by atoms with Crippen LogP contribution in [0.4, 0.5) is 5.69 Å². The summed E-state index contributed by atoms with van der Waals surface area (Å²) in [5.74, 6) is 1.93. The Morgan fingerprint density at radius 2 is 2.21 bits per heavy atom. The van der Waals surface area contributed by atoms with Gasteiger partial charge in [0.2, 0.25) is 0 Å². The number of rotatable bonds is 2. The molecule has 0 bridgehead atoms. The Balaban J connectivity index is 3.22. The van der Waals surface area contributed by atoms with Gasteiger partial charge in [-0.15, -0.1) is 0 Å². The van der Waals surface area contributed by atoms with E-state index in [1.807, 2.05) is 0 Å². The predicted octanol–water partition coefficient (Wildman–Crippen LogP) is 1.93. The Labute approximate surface area is 86.7 Å². The maximum absolute atomic E-state index is 11.2. The molecule has 0 amide bonds. The molecular weight excluding hydrogens is 198 g/mol. The van der Waals surface area contributed by atoms with Gasteiger partial charge in [0.05, 0.1) is 24.2 Å². The monoisotopic (exact) mass is 205 g/mol. The molecule has 0 atom stereocenters. The number of nitrogens with zero attached hydrogens (tertiary/aromatic N) is 1. The van der Waals surface area contributed by atoms with Crippen LogP contribution in [-0.4, -0.2) is 24.0 Å². The van der Waals surface area contributed by atoms with Crippen molar-refractivity contribution in [2.24, 2.45) is 4.99 Å². The lowest BCUT2D eigenvalue weighted by molar-refractivity contribution is 0.0602. The van der Waals surface area contributed by atoms with E-state index in [1.165, 1.54) is 7.11 Å². The Morgan fingerprint density at radius 3 is 2.86 bits per heavy atom. The third-order valence-corrected chi connectivity index (χ3v) is 1.62. The van der Waals surface area contributed by atoms with Crippen LogP contribution in [0, 0.1) is 0 Å². The zero-order valence-electron chi connectivity index (χ0n) is 7.48. The van der Waals surface area contributed by atoms with Crippen LogP contribution in [-0.2, 0) is 4.74 Å². The molecule has 1 aromatic carbocycles. The van der Waals surface area contributed by atoms with Crippen LogP contribution < -0.4 is 0 Å².